The smallest absolute Gasteiger partial charge is 0.202 e. The normalized spacial score (nSPS) is 19.8. The molecule has 84 valence electrons. The van der Waals surface area contributed by atoms with Gasteiger partial charge in [0, 0.05) is 24.1 Å². The second-order valence-electron chi connectivity index (χ2n) is 3.40. The molecule has 6 heteroatoms. The SMILES string of the molecule is O=S(=O)(NCCCI)N1CCCCC1. The maximum absolute atomic E-state index is 11.7. The molecule has 0 atom stereocenters. The summed E-state index contributed by atoms with van der Waals surface area (Å²) in [6.07, 6.45) is 4.04. The Morgan fingerprint density at radius 2 is 1.86 bits per heavy atom. The summed E-state index contributed by atoms with van der Waals surface area (Å²) < 4.78 is 28.5. The van der Waals surface area contributed by atoms with Gasteiger partial charge in [0.2, 0.25) is 0 Å². The lowest BCUT2D eigenvalue weighted by molar-refractivity contribution is 0.342. The molecule has 0 bridgehead atoms. The van der Waals surface area contributed by atoms with Gasteiger partial charge in [-0.2, -0.15) is 12.7 Å². The van der Waals surface area contributed by atoms with Crippen molar-refractivity contribution in [1.29, 1.82) is 0 Å². The van der Waals surface area contributed by atoms with Gasteiger partial charge in [0.1, 0.15) is 0 Å². The third-order valence-corrected chi connectivity index (χ3v) is 4.63. The van der Waals surface area contributed by atoms with Crippen molar-refractivity contribution in [3.05, 3.63) is 0 Å². The Morgan fingerprint density at radius 3 is 2.43 bits per heavy atom. The molecule has 1 rings (SSSR count). The molecule has 0 radical (unpaired) electrons. The Hall–Kier alpha value is 0.600. The summed E-state index contributed by atoms with van der Waals surface area (Å²) in [6.45, 7) is 1.92. The van der Waals surface area contributed by atoms with Gasteiger partial charge in [0.15, 0.2) is 0 Å². The van der Waals surface area contributed by atoms with E-state index in [0.29, 0.717) is 19.6 Å². The molecule has 14 heavy (non-hydrogen) atoms. The fourth-order valence-corrected chi connectivity index (χ4v) is 3.17. The minimum Gasteiger partial charge on any atom is -0.202 e. The molecule has 1 fully saturated rings. The second-order valence-corrected chi connectivity index (χ2v) is 6.24. The van der Waals surface area contributed by atoms with Crippen LogP contribution in [0.15, 0.2) is 0 Å². The van der Waals surface area contributed by atoms with E-state index < -0.39 is 10.2 Å². The van der Waals surface area contributed by atoms with E-state index in [1.54, 1.807) is 4.31 Å². The molecule has 1 aliphatic rings. The Kier molecular flexibility index (Phi) is 5.65. The lowest BCUT2D eigenvalue weighted by Crippen LogP contribution is -2.43. The maximum Gasteiger partial charge on any atom is 0.279 e. The van der Waals surface area contributed by atoms with Gasteiger partial charge in [-0.3, -0.25) is 0 Å². The average molecular weight is 332 g/mol. The van der Waals surface area contributed by atoms with Crippen LogP contribution in [0.3, 0.4) is 0 Å². The number of nitrogens with zero attached hydrogens (tertiary/aromatic N) is 1. The van der Waals surface area contributed by atoms with Gasteiger partial charge in [0.25, 0.3) is 10.2 Å². The third kappa shape index (κ3) is 4.00. The van der Waals surface area contributed by atoms with Crippen molar-refractivity contribution in [1.82, 2.24) is 9.03 Å². The Balaban J connectivity index is 2.38. The van der Waals surface area contributed by atoms with Crippen molar-refractivity contribution >= 4 is 32.8 Å². The van der Waals surface area contributed by atoms with E-state index in [2.05, 4.69) is 27.3 Å². The van der Waals surface area contributed by atoms with Crippen LogP contribution in [-0.2, 0) is 10.2 Å². The summed E-state index contributed by atoms with van der Waals surface area (Å²) in [6, 6.07) is 0. The first-order chi connectivity index (χ1) is 6.67. The summed E-state index contributed by atoms with van der Waals surface area (Å²) in [5, 5.41) is 0. The Labute approximate surface area is 99.8 Å². The van der Waals surface area contributed by atoms with Crippen LogP contribution in [0.5, 0.6) is 0 Å². The molecule has 0 aromatic rings. The van der Waals surface area contributed by atoms with Crippen molar-refractivity contribution in [2.45, 2.75) is 25.7 Å². The highest BCUT2D eigenvalue weighted by molar-refractivity contribution is 14.1. The number of hydrogen-bond acceptors (Lipinski definition) is 2. The van der Waals surface area contributed by atoms with E-state index in [-0.39, 0.29) is 0 Å². The molecule has 0 aromatic heterocycles. The van der Waals surface area contributed by atoms with Gasteiger partial charge in [-0.1, -0.05) is 29.0 Å². The lowest BCUT2D eigenvalue weighted by atomic mass is 10.2. The minimum atomic E-state index is -3.18. The van der Waals surface area contributed by atoms with Crippen LogP contribution in [0.1, 0.15) is 25.7 Å². The topological polar surface area (TPSA) is 49.4 Å². The molecule has 0 aromatic carbocycles. The van der Waals surface area contributed by atoms with E-state index in [1.165, 1.54) is 0 Å². The summed E-state index contributed by atoms with van der Waals surface area (Å²) in [4.78, 5) is 0. The van der Waals surface area contributed by atoms with E-state index in [4.69, 9.17) is 0 Å². The first kappa shape index (κ1) is 12.7. The predicted octanol–water partition coefficient (Wildman–Crippen LogP) is 1.13. The monoisotopic (exact) mass is 332 g/mol. The molecule has 0 aliphatic carbocycles. The number of rotatable bonds is 5. The van der Waals surface area contributed by atoms with Crippen molar-refractivity contribution in [2.24, 2.45) is 0 Å². The number of alkyl halides is 1. The summed E-state index contributed by atoms with van der Waals surface area (Å²) in [5.74, 6) is 0. The van der Waals surface area contributed by atoms with Gasteiger partial charge >= 0.3 is 0 Å². The second kappa shape index (κ2) is 6.24. The quantitative estimate of drug-likeness (QED) is 0.466. The average Bonchev–Trinajstić information content (AvgIpc) is 2.19. The first-order valence-corrected chi connectivity index (χ1v) is 7.94. The van der Waals surface area contributed by atoms with Crippen LogP contribution in [0.2, 0.25) is 0 Å². The zero-order chi connectivity index (χ0) is 10.4. The van der Waals surface area contributed by atoms with Crippen molar-refractivity contribution < 1.29 is 8.42 Å². The first-order valence-electron chi connectivity index (χ1n) is 4.97. The molecular formula is C8H17IN2O2S. The Morgan fingerprint density at radius 1 is 1.21 bits per heavy atom. The van der Waals surface area contributed by atoms with E-state index in [9.17, 15) is 8.42 Å². The number of halogens is 1. The van der Waals surface area contributed by atoms with Crippen LogP contribution < -0.4 is 4.72 Å². The molecule has 0 spiro atoms. The highest BCUT2D eigenvalue weighted by Crippen LogP contribution is 2.11. The minimum absolute atomic E-state index is 0.557. The molecule has 0 unspecified atom stereocenters. The zero-order valence-corrected chi connectivity index (χ0v) is 11.2. The molecule has 1 aliphatic heterocycles. The molecule has 0 amide bonds. The van der Waals surface area contributed by atoms with Gasteiger partial charge in [-0.25, -0.2) is 4.72 Å². The fourth-order valence-electron chi connectivity index (χ4n) is 1.46. The van der Waals surface area contributed by atoms with E-state index in [0.717, 1.165) is 30.1 Å². The van der Waals surface area contributed by atoms with Crippen LogP contribution in [0.25, 0.3) is 0 Å². The summed E-state index contributed by atoms with van der Waals surface area (Å²) in [5.41, 5.74) is 0. The predicted molar refractivity (Wildman–Crippen MR) is 65.9 cm³/mol. The number of piperidine rings is 1. The number of nitrogens with one attached hydrogen (secondary N) is 1. The largest absolute Gasteiger partial charge is 0.279 e. The fraction of sp³-hybridized carbons (Fsp3) is 1.00. The van der Waals surface area contributed by atoms with Gasteiger partial charge < -0.3 is 0 Å². The highest BCUT2D eigenvalue weighted by atomic mass is 127. The molecule has 0 saturated carbocycles. The summed E-state index contributed by atoms with van der Waals surface area (Å²) in [7, 11) is -3.18. The summed E-state index contributed by atoms with van der Waals surface area (Å²) >= 11 is 2.25. The Bertz CT molecular complexity index is 250. The highest BCUT2D eigenvalue weighted by Gasteiger charge is 2.22. The maximum atomic E-state index is 11.7. The molecule has 1 saturated heterocycles. The van der Waals surface area contributed by atoms with Crippen LogP contribution >= 0.6 is 22.6 Å². The van der Waals surface area contributed by atoms with E-state index in [1.807, 2.05) is 0 Å². The number of hydrogen-bond donors (Lipinski definition) is 1. The molecule has 1 heterocycles. The van der Waals surface area contributed by atoms with Crippen LogP contribution in [0.4, 0.5) is 0 Å². The van der Waals surface area contributed by atoms with Crippen molar-refractivity contribution in [3.8, 4) is 0 Å². The van der Waals surface area contributed by atoms with Crippen molar-refractivity contribution in [3.63, 3.8) is 0 Å². The van der Waals surface area contributed by atoms with Crippen molar-refractivity contribution in [2.75, 3.05) is 24.1 Å². The van der Waals surface area contributed by atoms with Crippen LogP contribution in [0, 0.1) is 0 Å². The lowest BCUT2D eigenvalue weighted by Gasteiger charge is -2.25. The molecule has 4 nitrogen and oxygen atoms in total. The standard InChI is InChI=1S/C8H17IN2O2S/c9-5-4-6-10-14(12,13)11-7-2-1-3-8-11/h10H,1-8H2. The van der Waals surface area contributed by atoms with E-state index >= 15 is 0 Å². The van der Waals surface area contributed by atoms with Gasteiger partial charge in [0.05, 0.1) is 0 Å². The van der Waals surface area contributed by atoms with Crippen LogP contribution in [-0.4, -0.2) is 36.8 Å². The molecule has 1 N–H and O–H groups in total. The zero-order valence-electron chi connectivity index (χ0n) is 8.21. The van der Waals surface area contributed by atoms with Gasteiger partial charge in [-0.15, -0.1) is 0 Å². The third-order valence-electron chi connectivity index (χ3n) is 2.25. The molecular weight excluding hydrogens is 315 g/mol. The van der Waals surface area contributed by atoms with Gasteiger partial charge in [-0.05, 0) is 19.3 Å².